The number of aryl methyl sites for hydroxylation is 1. The molecule has 21 heavy (non-hydrogen) atoms. The molecular formula is C15H17N3O3. The van der Waals surface area contributed by atoms with Crippen LogP contribution in [0.5, 0.6) is 5.88 Å². The van der Waals surface area contributed by atoms with Gasteiger partial charge in [-0.15, -0.1) is 0 Å². The quantitative estimate of drug-likeness (QED) is 0.684. The maximum absolute atomic E-state index is 11.7. The van der Waals surface area contributed by atoms with Gasteiger partial charge in [-0.05, 0) is 18.4 Å². The van der Waals surface area contributed by atoms with Gasteiger partial charge in [0.05, 0.1) is 18.3 Å². The Kier molecular flexibility index (Phi) is 5.09. The van der Waals surface area contributed by atoms with E-state index < -0.39 is 11.4 Å². The van der Waals surface area contributed by atoms with E-state index in [4.69, 9.17) is 0 Å². The van der Waals surface area contributed by atoms with E-state index in [1.807, 2.05) is 30.3 Å². The summed E-state index contributed by atoms with van der Waals surface area (Å²) in [6, 6.07) is 9.99. The van der Waals surface area contributed by atoms with Gasteiger partial charge in [0.15, 0.2) is 0 Å². The molecular weight excluding hydrogens is 270 g/mol. The fraction of sp³-hybridized carbons (Fsp3) is 0.267. The maximum atomic E-state index is 11.7. The number of nitrogens with one attached hydrogen (secondary N) is 2. The van der Waals surface area contributed by atoms with Gasteiger partial charge < -0.3 is 15.4 Å². The third kappa shape index (κ3) is 4.45. The molecule has 1 amide bonds. The fourth-order valence-corrected chi connectivity index (χ4v) is 1.97. The molecule has 1 aromatic carbocycles. The Bertz CT molecular complexity index is 653. The summed E-state index contributed by atoms with van der Waals surface area (Å²) in [5, 5.41) is 12.2. The molecule has 0 aliphatic rings. The van der Waals surface area contributed by atoms with Crippen LogP contribution in [-0.4, -0.2) is 27.5 Å². The van der Waals surface area contributed by atoms with Crippen molar-refractivity contribution < 1.29 is 9.90 Å². The number of rotatable bonds is 6. The summed E-state index contributed by atoms with van der Waals surface area (Å²) in [5.41, 5.74) is 0.702. The van der Waals surface area contributed by atoms with Crippen LogP contribution >= 0.6 is 0 Å². The van der Waals surface area contributed by atoms with Crippen LogP contribution in [0.15, 0.2) is 41.5 Å². The summed E-state index contributed by atoms with van der Waals surface area (Å²) in [6.07, 6.45) is 2.60. The first-order valence-electron chi connectivity index (χ1n) is 6.73. The van der Waals surface area contributed by atoms with E-state index in [9.17, 15) is 14.7 Å². The van der Waals surface area contributed by atoms with Gasteiger partial charge in [-0.2, -0.15) is 0 Å². The number of carbonyl (C=O) groups excluding carboxylic acids is 1. The number of H-pyrrole nitrogens is 1. The number of amides is 1. The molecule has 0 bridgehead atoms. The highest BCUT2D eigenvalue weighted by atomic mass is 16.3. The van der Waals surface area contributed by atoms with Crippen molar-refractivity contribution in [3.8, 4) is 5.88 Å². The Hall–Kier alpha value is -2.63. The topological polar surface area (TPSA) is 95.1 Å². The van der Waals surface area contributed by atoms with Crippen molar-refractivity contribution in [2.75, 3.05) is 6.54 Å². The lowest BCUT2D eigenvalue weighted by Crippen LogP contribution is -2.29. The van der Waals surface area contributed by atoms with Gasteiger partial charge in [0.25, 0.3) is 5.56 Å². The molecule has 0 atom stereocenters. The minimum atomic E-state index is -0.498. The van der Waals surface area contributed by atoms with E-state index in [1.165, 1.54) is 5.56 Å². The lowest BCUT2D eigenvalue weighted by molar-refractivity contribution is -0.120. The van der Waals surface area contributed by atoms with E-state index in [1.54, 1.807) is 0 Å². The van der Waals surface area contributed by atoms with Gasteiger partial charge in [-0.3, -0.25) is 9.59 Å². The number of hydrogen-bond donors (Lipinski definition) is 3. The van der Waals surface area contributed by atoms with Crippen LogP contribution in [0.3, 0.4) is 0 Å². The number of aromatic hydroxyl groups is 1. The van der Waals surface area contributed by atoms with Crippen LogP contribution < -0.4 is 10.9 Å². The predicted molar refractivity (Wildman–Crippen MR) is 78.0 cm³/mol. The molecule has 6 heteroatoms. The van der Waals surface area contributed by atoms with Crippen LogP contribution in [0.2, 0.25) is 0 Å². The largest absolute Gasteiger partial charge is 0.493 e. The molecule has 110 valence electrons. The second-order valence-electron chi connectivity index (χ2n) is 4.65. The average molecular weight is 287 g/mol. The molecule has 3 N–H and O–H groups in total. The number of hydrogen-bond acceptors (Lipinski definition) is 4. The Morgan fingerprint density at radius 2 is 2.05 bits per heavy atom. The zero-order valence-corrected chi connectivity index (χ0v) is 11.5. The predicted octanol–water partition coefficient (Wildman–Crippen LogP) is 0.767. The number of benzene rings is 1. The number of aromatic nitrogens is 2. The van der Waals surface area contributed by atoms with E-state index in [0.29, 0.717) is 6.54 Å². The van der Waals surface area contributed by atoms with Crippen LogP contribution in [0.4, 0.5) is 0 Å². The lowest BCUT2D eigenvalue weighted by Gasteiger charge is -2.05. The first kappa shape index (κ1) is 14.8. The van der Waals surface area contributed by atoms with E-state index in [-0.39, 0.29) is 17.9 Å². The standard InChI is InChI=1S/C15H17N3O3/c19-13(9-12-14(20)17-10-18-15(12)21)16-8-4-7-11-5-2-1-3-6-11/h1-3,5-6,10H,4,7-9H2,(H,16,19)(H2,17,18,20,21). The van der Waals surface area contributed by atoms with E-state index in [2.05, 4.69) is 15.3 Å². The second kappa shape index (κ2) is 7.23. The normalized spacial score (nSPS) is 10.3. The van der Waals surface area contributed by atoms with Crippen molar-refractivity contribution >= 4 is 5.91 Å². The third-order valence-corrected chi connectivity index (χ3v) is 3.07. The zero-order valence-electron chi connectivity index (χ0n) is 11.5. The molecule has 0 aliphatic carbocycles. The first-order valence-corrected chi connectivity index (χ1v) is 6.73. The highest BCUT2D eigenvalue weighted by Crippen LogP contribution is 2.06. The molecule has 0 unspecified atom stereocenters. The molecule has 1 heterocycles. The second-order valence-corrected chi connectivity index (χ2v) is 4.65. The van der Waals surface area contributed by atoms with E-state index in [0.717, 1.165) is 19.2 Å². The van der Waals surface area contributed by atoms with Crippen molar-refractivity contribution in [2.45, 2.75) is 19.3 Å². The number of carbonyl (C=O) groups is 1. The summed E-state index contributed by atoms with van der Waals surface area (Å²) in [6.45, 7) is 0.520. The number of aromatic amines is 1. The molecule has 0 saturated heterocycles. The summed E-state index contributed by atoms with van der Waals surface area (Å²) < 4.78 is 0. The molecule has 0 spiro atoms. The monoisotopic (exact) mass is 287 g/mol. The van der Waals surface area contributed by atoms with Gasteiger partial charge in [-0.1, -0.05) is 30.3 Å². The summed E-state index contributed by atoms with van der Waals surface area (Å²) >= 11 is 0. The molecule has 0 radical (unpaired) electrons. The third-order valence-electron chi connectivity index (χ3n) is 3.07. The molecule has 2 rings (SSSR count). The Morgan fingerprint density at radius 1 is 1.29 bits per heavy atom. The average Bonchev–Trinajstić information content (AvgIpc) is 2.49. The van der Waals surface area contributed by atoms with Crippen LogP contribution in [0, 0.1) is 0 Å². The molecule has 0 aliphatic heterocycles. The van der Waals surface area contributed by atoms with Crippen molar-refractivity contribution in [1.29, 1.82) is 0 Å². The Labute approximate surface area is 121 Å². The van der Waals surface area contributed by atoms with Gasteiger partial charge >= 0.3 is 0 Å². The molecule has 0 fully saturated rings. The van der Waals surface area contributed by atoms with Gasteiger partial charge in [0.2, 0.25) is 11.8 Å². The SMILES string of the molecule is O=C(Cc1c(O)nc[nH]c1=O)NCCCc1ccccc1. The lowest BCUT2D eigenvalue weighted by atomic mass is 10.1. The van der Waals surface area contributed by atoms with Crippen LogP contribution in [0.25, 0.3) is 0 Å². The molecule has 6 nitrogen and oxygen atoms in total. The van der Waals surface area contributed by atoms with Crippen molar-refractivity contribution in [1.82, 2.24) is 15.3 Å². The fourth-order valence-electron chi connectivity index (χ4n) is 1.97. The minimum Gasteiger partial charge on any atom is -0.493 e. The van der Waals surface area contributed by atoms with Crippen molar-refractivity contribution in [2.24, 2.45) is 0 Å². The van der Waals surface area contributed by atoms with Crippen LogP contribution in [-0.2, 0) is 17.6 Å². The highest BCUT2D eigenvalue weighted by Gasteiger charge is 2.12. The summed E-state index contributed by atoms with van der Waals surface area (Å²) in [7, 11) is 0. The maximum Gasteiger partial charge on any atom is 0.258 e. The zero-order chi connectivity index (χ0) is 15.1. The van der Waals surface area contributed by atoms with E-state index >= 15 is 0 Å². The van der Waals surface area contributed by atoms with Gasteiger partial charge in [0, 0.05) is 6.54 Å². The minimum absolute atomic E-state index is 0.0157. The molecule has 2 aromatic rings. The summed E-state index contributed by atoms with van der Waals surface area (Å²) in [4.78, 5) is 29.1. The van der Waals surface area contributed by atoms with Crippen molar-refractivity contribution in [3.63, 3.8) is 0 Å². The number of nitrogens with zero attached hydrogens (tertiary/aromatic N) is 1. The van der Waals surface area contributed by atoms with Crippen molar-refractivity contribution in [3.05, 3.63) is 58.1 Å². The smallest absolute Gasteiger partial charge is 0.258 e. The Balaban J connectivity index is 1.77. The van der Waals surface area contributed by atoms with Gasteiger partial charge in [0.1, 0.15) is 0 Å². The van der Waals surface area contributed by atoms with Crippen LogP contribution in [0.1, 0.15) is 17.5 Å². The van der Waals surface area contributed by atoms with Gasteiger partial charge in [-0.25, -0.2) is 4.98 Å². The highest BCUT2D eigenvalue weighted by molar-refractivity contribution is 5.78. The Morgan fingerprint density at radius 3 is 2.76 bits per heavy atom. The summed E-state index contributed by atoms with van der Waals surface area (Å²) in [5.74, 6) is -0.713. The molecule has 0 saturated carbocycles. The molecule has 1 aromatic heterocycles. The first-order chi connectivity index (χ1) is 10.2.